The van der Waals surface area contributed by atoms with Crippen molar-refractivity contribution in [1.29, 1.82) is 0 Å². The first-order valence-corrected chi connectivity index (χ1v) is 6.32. The van der Waals surface area contributed by atoms with Gasteiger partial charge in [-0.15, -0.1) is 11.3 Å². The average molecular weight is 288 g/mol. The third-order valence-electron chi connectivity index (χ3n) is 2.11. The summed E-state index contributed by atoms with van der Waals surface area (Å²) in [6.45, 7) is 3.99. The van der Waals surface area contributed by atoms with E-state index in [0.29, 0.717) is 0 Å². The van der Waals surface area contributed by atoms with Crippen molar-refractivity contribution in [3.8, 4) is 0 Å². The van der Waals surface area contributed by atoms with E-state index in [1.54, 1.807) is 22.3 Å². The minimum absolute atomic E-state index is 0.0366. The first-order chi connectivity index (χ1) is 7.00. The van der Waals surface area contributed by atoms with Gasteiger partial charge in [0.1, 0.15) is 0 Å². The van der Waals surface area contributed by atoms with Crippen LogP contribution < -0.4 is 0 Å². The number of rotatable bonds is 3. The fourth-order valence-electron chi connectivity index (χ4n) is 0.943. The summed E-state index contributed by atoms with van der Waals surface area (Å²) in [4.78, 5) is 14.4. The number of carbonyl (C=O) groups is 1. The molecule has 0 spiro atoms. The summed E-state index contributed by atoms with van der Waals surface area (Å²) in [6, 6.07) is 4.19. The summed E-state index contributed by atoms with van der Waals surface area (Å²) in [5.74, 6) is 0.0366. The van der Waals surface area contributed by atoms with Crippen LogP contribution >= 0.6 is 27.3 Å². The first kappa shape index (κ1) is 12.5. The molecule has 1 heterocycles. The topological polar surface area (TPSA) is 20.3 Å². The predicted molar refractivity (Wildman–Crippen MR) is 69.0 cm³/mol. The summed E-state index contributed by atoms with van der Waals surface area (Å²) in [5, 5.41) is 0. The maximum absolute atomic E-state index is 11.6. The van der Waals surface area contributed by atoms with Gasteiger partial charge < -0.3 is 4.90 Å². The maximum Gasteiger partial charge on any atom is 0.246 e. The third-order valence-corrected chi connectivity index (χ3v) is 3.70. The molecule has 2 nitrogen and oxygen atoms in total. The molecule has 0 aliphatic rings. The minimum Gasteiger partial charge on any atom is -0.340 e. The van der Waals surface area contributed by atoms with Crippen molar-refractivity contribution >= 4 is 39.2 Å². The fourth-order valence-corrected chi connectivity index (χ4v) is 2.27. The van der Waals surface area contributed by atoms with Crippen LogP contribution in [0.5, 0.6) is 0 Å². The fraction of sp³-hybridized carbons (Fsp3) is 0.364. The van der Waals surface area contributed by atoms with Gasteiger partial charge in [0.25, 0.3) is 0 Å². The number of carbonyl (C=O) groups excluding carboxylic acids is 1. The van der Waals surface area contributed by atoms with E-state index in [1.165, 1.54) is 0 Å². The second kappa shape index (κ2) is 5.47. The largest absolute Gasteiger partial charge is 0.340 e. The number of halogens is 1. The molecular weight excluding hydrogens is 274 g/mol. The van der Waals surface area contributed by atoms with Gasteiger partial charge in [0.2, 0.25) is 5.91 Å². The molecule has 0 radical (unpaired) electrons. The third kappa shape index (κ3) is 3.80. The average Bonchev–Trinajstić information content (AvgIpc) is 2.59. The van der Waals surface area contributed by atoms with Crippen molar-refractivity contribution in [3.05, 3.63) is 26.9 Å². The number of hydrogen-bond acceptors (Lipinski definition) is 2. The first-order valence-electron chi connectivity index (χ1n) is 4.71. The Kier molecular flexibility index (Phi) is 4.54. The monoisotopic (exact) mass is 287 g/mol. The van der Waals surface area contributed by atoms with Gasteiger partial charge in [-0.3, -0.25) is 4.79 Å². The molecule has 1 aromatic rings. The molecule has 0 bridgehead atoms. The number of likely N-dealkylation sites (N-methyl/N-ethyl adjacent to an activating group) is 1. The molecule has 1 amide bonds. The Balaban J connectivity index is 2.62. The molecular formula is C11H14BrNOS. The molecule has 0 aromatic carbocycles. The zero-order chi connectivity index (χ0) is 11.4. The molecule has 0 N–H and O–H groups in total. The van der Waals surface area contributed by atoms with Gasteiger partial charge in [0.05, 0.1) is 3.79 Å². The molecule has 1 rings (SSSR count). The molecule has 4 heteroatoms. The van der Waals surface area contributed by atoms with Crippen molar-refractivity contribution in [2.45, 2.75) is 19.9 Å². The van der Waals surface area contributed by atoms with E-state index in [2.05, 4.69) is 15.9 Å². The van der Waals surface area contributed by atoms with Crippen LogP contribution in [0.15, 0.2) is 22.0 Å². The summed E-state index contributed by atoms with van der Waals surface area (Å²) >= 11 is 4.99. The standard InChI is InChI=1S/C11H14BrNOS/c1-8(2)13(3)11(14)7-5-9-4-6-10(12)15-9/h4-8H,1-3H3. The second-order valence-electron chi connectivity index (χ2n) is 3.52. The smallest absolute Gasteiger partial charge is 0.246 e. The SMILES string of the molecule is CC(C)N(C)C(=O)C=Cc1ccc(Br)s1. The number of thiophene rings is 1. The van der Waals surface area contributed by atoms with E-state index in [1.807, 2.05) is 39.1 Å². The van der Waals surface area contributed by atoms with Crippen molar-refractivity contribution in [1.82, 2.24) is 4.90 Å². The van der Waals surface area contributed by atoms with E-state index in [-0.39, 0.29) is 11.9 Å². The molecule has 15 heavy (non-hydrogen) atoms. The maximum atomic E-state index is 11.6. The van der Waals surface area contributed by atoms with Crippen molar-refractivity contribution in [2.24, 2.45) is 0 Å². The molecule has 0 aliphatic carbocycles. The molecule has 0 unspecified atom stereocenters. The van der Waals surface area contributed by atoms with Crippen molar-refractivity contribution in [3.63, 3.8) is 0 Å². The van der Waals surface area contributed by atoms with Crippen molar-refractivity contribution < 1.29 is 4.79 Å². The Labute approximate surface area is 103 Å². The van der Waals surface area contributed by atoms with E-state index < -0.39 is 0 Å². The minimum atomic E-state index is 0.0366. The lowest BCUT2D eigenvalue weighted by Crippen LogP contribution is -2.31. The number of nitrogens with zero attached hydrogens (tertiary/aromatic N) is 1. The lowest BCUT2D eigenvalue weighted by Gasteiger charge is -2.19. The molecule has 1 aromatic heterocycles. The quantitative estimate of drug-likeness (QED) is 0.781. The van der Waals surface area contributed by atoms with Gasteiger partial charge in [-0.05, 0) is 48.0 Å². The van der Waals surface area contributed by atoms with E-state index >= 15 is 0 Å². The van der Waals surface area contributed by atoms with E-state index in [0.717, 1.165) is 8.66 Å². The highest BCUT2D eigenvalue weighted by atomic mass is 79.9. The summed E-state index contributed by atoms with van der Waals surface area (Å²) in [5.41, 5.74) is 0. The van der Waals surface area contributed by atoms with Crippen LogP contribution in [0, 0.1) is 0 Å². The van der Waals surface area contributed by atoms with E-state index in [9.17, 15) is 4.79 Å². The molecule has 82 valence electrons. The normalized spacial score (nSPS) is 11.3. The lowest BCUT2D eigenvalue weighted by molar-refractivity contribution is -0.126. The van der Waals surface area contributed by atoms with Crippen LogP contribution in [0.2, 0.25) is 0 Å². The highest BCUT2D eigenvalue weighted by Gasteiger charge is 2.07. The van der Waals surface area contributed by atoms with Gasteiger partial charge in [0.15, 0.2) is 0 Å². The summed E-state index contributed by atoms with van der Waals surface area (Å²) in [7, 11) is 1.81. The molecule has 0 saturated heterocycles. The zero-order valence-corrected chi connectivity index (χ0v) is 11.4. The Morgan fingerprint density at radius 1 is 1.53 bits per heavy atom. The Morgan fingerprint density at radius 3 is 2.67 bits per heavy atom. The Hall–Kier alpha value is -0.610. The molecule has 0 fully saturated rings. The van der Waals surface area contributed by atoms with Crippen LogP contribution in [-0.2, 0) is 4.79 Å². The Morgan fingerprint density at radius 2 is 2.20 bits per heavy atom. The van der Waals surface area contributed by atoms with Gasteiger partial charge in [-0.25, -0.2) is 0 Å². The van der Waals surface area contributed by atoms with Crippen LogP contribution in [0.25, 0.3) is 6.08 Å². The van der Waals surface area contributed by atoms with Crippen LogP contribution in [0.1, 0.15) is 18.7 Å². The zero-order valence-electron chi connectivity index (χ0n) is 9.03. The van der Waals surface area contributed by atoms with Crippen molar-refractivity contribution in [2.75, 3.05) is 7.05 Å². The number of amides is 1. The lowest BCUT2D eigenvalue weighted by atomic mass is 10.3. The summed E-state index contributed by atoms with van der Waals surface area (Å²) in [6.07, 6.45) is 3.45. The molecule has 0 aliphatic heterocycles. The van der Waals surface area contributed by atoms with Gasteiger partial charge in [-0.2, -0.15) is 0 Å². The van der Waals surface area contributed by atoms with Crippen LogP contribution in [0.3, 0.4) is 0 Å². The summed E-state index contributed by atoms with van der Waals surface area (Å²) < 4.78 is 1.08. The predicted octanol–water partition coefficient (Wildman–Crippen LogP) is 3.39. The molecule has 0 saturated carbocycles. The van der Waals surface area contributed by atoms with Crippen LogP contribution in [-0.4, -0.2) is 23.9 Å². The van der Waals surface area contributed by atoms with Gasteiger partial charge in [-0.1, -0.05) is 0 Å². The van der Waals surface area contributed by atoms with E-state index in [4.69, 9.17) is 0 Å². The van der Waals surface area contributed by atoms with Crippen LogP contribution in [0.4, 0.5) is 0 Å². The van der Waals surface area contributed by atoms with Gasteiger partial charge >= 0.3 is 0 Å². The Bertz CT molecular complexity index is 370. The second-order valence-corrected chi connectivity index (χ2v) is 6.01. The van der Waals surface area contributed by atoms with Gasteiger partial charge in [0, 0.05) is 24.0 Å². The highest BCUT2D eigenvalue weighted by Crippen LogP contribution is 2.22. The molecule has 0 atom stereocenters. The highest BCUT2D eigenvalue weighted by molar-refractivity contribution is 9.11. The number of hydrogen-bond donors (Lipinski definition) is 0.